The Morgan fingerprint density at radius 3 is 3.00 bits per heavy atom. The number of hydrogen-bond acceptors (Lipinski definition) is 2. The third-order valence-corrected chi connectivity index (χ3v) is 3.70. The quantitative estimate of drug-likeness (QED) is 0.838. The van der Waals surface area contributed by atoms with Crippen LogP contribution in [0.5, 0.6) is 0 Å². The van der Waals surface area contributed by atoms with E-state index in [0.717, 1.165) is 25.8 Å². The Balaban J connectivity index is 2.15. The Kier molecular flexibility index (Phi) is 4.36. The summed E-state index contributed by atoms with van der Waals surface area (Å²) < 4.78 is 13.7. The second kappa shape index (κ2) is 5.81. The van der Waals surface area contributed by atoms with E-state index in [0.29, 0.717) is 17.1 Å². The summed E-state index contributed by atoms with van der Waals surface area (Å²) in [6, 6.07) is 4.49. The minimum Gasteiger partial charge on any atom is -0.298 e. The van der Waals surface area contributed by atoms with Crippen LogP contribution < -0.4 is 0 Å². The maximum atomic E-state index is 13.7. The van der Waals surface area contributed by atoms with Crippen molar-refractivity contribution in [1.29, 1.82) is 0 Å². The molecule has 1 fully saturated rings. The molecule has 0 spiro atoms. The average Bonchev–Trinajstić information content (AvgIpc) is 2.34. The van der Waals surface area contributed by atoms with Gasteiger partial charge < -0.3 is 0 Å². The van der Waals surface area contributed by atoms with Crippen LogP contribution in [-0.4, -0.2) is 23.3 Å². The summed E-state index contributed by atoms with van der Waals surface area (Å²) in [4.78, 5) is 13.6. The first-order valence-corrected chi connectivity index (χ1v) is 6.64. The maximum absolute atomic E-state index is 13.7. The lowest BCUT2D eigenvalue weighted by Gasteiger charge is -2.34. The Hall–Kier alpha value is -0.930. The first kappa shape index (κ1) is 13.5. The third-order valence-electron chi connectivity index (χ3n) is 3.46. The predicted molar refractivity (Wildman–Crippen MR) is 70.1 cm³/mol. The van der Waals surface area contributed by atoms with E-state index < -0.39 is 0 Å². The van der Waals surface area contributed by atoms with Gasteiger partial charge in [0, 0.05) is 17.1 Å². The smallest absolute Gasteiger partial charge is 0.146 e. The minimum absolute atomic E-state index is 0.0721. The zero-order chi connectivity index (χ0) is 13.1. The molecule has 1 aromatic carbocycles. The molecule has 0 amide bonds. The van der Waals surface area contributed by atoms with Gasteiger partial charge >= 0.3 is 0 Å². The van der Waals surface area contributed by atoms with Crippen molar-refractivity contribution in [2.75, 3.05) is 6.54 Å². The highest BCUT2D eigenvalue weighted by atomic mass is 35.5. The summed E-state index contributed by atoms with van der Waals surface area (Å²) in [5.41, 5.74) is 0.565. The van der Waals surface area contributed by atoms with Crippen molar-refractivity contribution in [2.24, 2.45) is 0 Å². The van der Waals surface area contributed by atoms with Gasteiger partial charge in [0.15, 0.2) is 0 Å². The molecule has 2 rings (SSSR count). The number of carbonyl (C=O) groups is 1. The summed E-state index contributed by atoms with van der Waals surface area (Å²) in [5.74, 6) is -0.0931. The van der Waals surface area contributed by atoms with Crippen molar-refractivity contribution in [2.45, 2.75) is 38.8 Å². The molecule has 0 saturated carbocycles. The molecule has 0 aliphatic carbocycles. The van der Waals surface area contributed by atoms with Gasteiger partial charge in [-0.1, -0.05) is 18.0 Å². The number of halogens is 2. The molecule has 1 heterocycles. The van der Waals surface area contributed by atoms with E-state index in [1.165, 1.54) is 6.07 Å². The normalized spacial score (nSPS) is 20.9. The summed E-state index contributed by atoms with van der Waals surface area (Å²) >= 11 is 5.88. The van der Waals surface area contributed by atoms with Gasteiger partial charge in [0.05, 0.1) is 6.04 Å². The number of piperidine rings is 1. The van der Waals surface area contributed by atoms with Gasteiger partial charge in [0.1, 0.15) is 11.6 Å². The molecule has 0 aromatic heterocycles. The molecule has 2 nitrogen and oxygen atoms in total. The fraction of sp³-hybridized carbons (Fsp3) is 0.500. The highest BCUT2D eigenvalue weighted by molar-refractivity contribution is 6.30. The lowest BCUT2D eigenvalue weighted by Crippen LogP contribution is -2.43. The van der Waals surface area contributed by atoms with Crippen LogP contribution in [-0.2, 0) is 11.3 Å². The number of likely N-dealkylation sites (tertiary alicyclic amines) is 1. The van der Waals surface area contributed by atoms with Crippen molar-refractivity contribution >= 4 is 17.4 Å². The van der Waals surface area contributed by atoms with Crippen LogP contribution in [0.4, 0.5) is 4.39 Å². The van der Waals surface area contributed by atoms with Gasteiger partial charge in [-0.25, -0.2) is 4.39 Å². The monoisotopic (exact) mass is 269 g/mol. The van der Waals surface area contributed by atoms with E-state index in [2.05, 4.69) is 4.90 Å². The number of rotatable bonds is 3. The number of benzene rings is 1. The number of carbonyl (C=O) groups excluding carboxylic acids is 1. The molecule has 1 atom stereocenters. The number of ketones is 1. The maximum Gasteiger partial charge on any atom is 0.146 e. The van der Waals surface area contributed by atoms with Crippen molar-refractivity contribution in [3.63, 3.8) is 0 Å². The van der Waals surface area contributed by atoms with E-state index in [1.807, 2.05) is 0 Å². The standard InChI is InChI=1S/C14H17ClFNO/c1-10(18)14-4-2-3-7-17(14)9-11-8-12(15)5-6-13(11)16/h5-6,8,14H,2-4,7,9H2,1H3. The van der Waals surface area contributed by atoms with Gasteiger partial charge in [0.2, 0.25) is 0 Å². The zero-order valence-electron chi connectivity index (χ0n) is 10.5. The summed E-state index contributed by atoms with van der Waals surface area (Å²) in [6.45, 7) is 2.91. The summed E-state index contributed by atoms with van der Waals surface area (Å²) in [5, 5.41) is 0.530. The van der Waals surface area contributed by atoms with Crippen LogP contribution in [0.15, 0.2) is 18.2 Å². The predicted octanol–water partition coefficient (Wildman–Crippen LogP) is 3.42. The molecule has 1 aromatic rings. The lowest BCUT2D eigenvalue weighted by atomic mass is 9.98. The molecule has 1 aliphatic rings. The fourth-order valence-corrected chi connectivity index (χ4v) is 2.72. The van der Waals surface area contributed by atoms with Crippen molar-refractivity contribution in [3.8, 4) is 0 Å². The molecular weight excluding hydrogens is 253 g/mol. The van der Waals surface area contributed by atoms with Crippen LogP contribution in [0, 0.1) is 5.82 Å². The molecule has 18 heavy (non-hydrogen) atoms. The number of nitrogens with zero attached hydrogens (tertiary/aromatic N) is 1. The highest BCUT2D eigenvalue weighted by Gasteiger charge is 2.26. The number of Topliss-reactive ketones (excluding diaryl/α,β-unsaturated/α-hetero) is 1. The van der Waals surface area contributed by atoms with E-state index in [1.54, 1.807) is 19.1 Å². The van der Waals surface area contributed by atoms with E-state index in [-0.39, 0.29) is 17.6 Å². The fourth-order valence-electron chi connectivity index (χ4n) is 2.52. The SMILES string of the molecule is CC(=O)C1CCCCN1Cc1cc(Cl)ccc1F. The van der Waals surface area contributed by atoms with Crippen LogP contribution >= 0.6 is 11.6 Å². The minimum atomic E-state index is -0.257. The van der Waals surface area contributed by atoms with Crippen LogP contribution in [0.1, 0.15) is 31.7 Å². The Labute approximate surface area is 112 Å². The van der Waals surface area contributed by atoms with Gasteiger partial charge in [-0.05, 0) is 44.5 Å². The first-order chi connectivity index (χ1) is 8.58. The largest absolute Gasteiger partial charge is 0.298 e. The van der Waals surface area contributed by atoms with E-state index in [4.69, 9.17) is 11.6 Å². The molecule has 0 N–H and O–H groups in total. The second-order valence-corrected chi connectivity index (χ2v) is 5.26. The average molecular weight is 270 g/mol. The Bertz CT molecular complexity index is 449. The van der Waals surface area contributed by atoms with Crippen molar-refractivity contribution in [3.05, 3.63) is 34.6 Å². The molecule has 1 unspecified atom stereocenters. The van der Waals surface area contributed by atoms with Crippen molar-refractivity contribution in [1.82, 2.24) is 4.90 Å². The molecule has 0 radical (unpaired) electrons. The Morgan fingerprint density at radius 2 is 2.28 bits per heavy atom. The van der Waals surface area contributed by atoms with E-state index in [9.17, 15) is 9.18 Å². The first-order valence-electron chi connectivity index (χ1n) is 6.26. The topological polar surface area (TPSA) is 20.3 Å². The molecule has 1 saturated heterocycles. The van der Waals surface area contributed by atoms with Gasteiger partial charge in [0.25, 0.3) is 0 Å². The molecule has 98 valence electrons. The Morgan fingerprint density at radius 1 is 1.50 bits per heavy atom. The molecule has 4 heteroatoms. The lowest BCUT2D eigenvalue weighted by molar-refractivity contribution is -0.123. The second-order valence-electron chi connectivity index (χ2n) is 4.83. The molecular formula is C14H17ClFNO. The van der Waals surface area contributed by atoms with Crippen LogP contribution in [0.25, 0.3) is 0 Å². The molecule has 0 bridgehead atoms. The van der Waals surface area contributed by atoms with E-state index >= 15 is 0 Å². The van der Waals surface area contributed by atoms with Crippen molar-refractivity contribution < 1.29 is 9.18 Å². The number of hydrogen-bond donors (Lipinski definition) is 0. The van der Waals surface area contributed by atoms with Gasteiger partial charge in [-0.15, -0.1) is 0 Å². The van der Waals surface area contributed by atoms with Gasteiger partial charge in [-0.2, -0.15) is 0 Å². The van der Waals surface area contributed by atoms with Crippen LogP contribution in [0.3, 0.4) is 0 Å². The third kappa shape index (κ3) is 3.09. The van der Waals surface area contributed by atoms with Gasteiger partial charge in [-0.3, -0.25) is 9.69 Å². The molecule has 1 aliphatic heterocycles. The van der Waals surface area contributed by atoms with Crippen LogP contribution in [0.2, 0.25) is 5.02 Å². The highest BCUT2D eigenvalue weighted by Crippen LogP contribution is 2.23. The zero-order valence-corrected chi connectivity index (χ0v) is 11.2. The summed E-state index contributed by atoms with van der Waals surface area (Å²) in [7, 11) is 0. The summed E-state index contributed by atoms with van der Waals surface area (Å²) in [6.07, 6.45) is 3.00.